The van der Waals surface area contributed by atoms with Crippen molar-refractivity contribution >= 4 is 23.6 Å². The molecule has 1 amide bonds. The van der Waals surface area contributed by atoms with Gasteiger partial charge in [-0.25, -0.2) is 4.79 Å². The van der Waals surface area contributed by atoms with Crippen molar-refractivity contribution in [2.24, 2.45) is 0 Å². The number of hydrogen-bond donors (Lipinski definition) is 1. The van der Waals surface area contributed by atoms with E-state index in [1.54, 1.807) is 18.7 Å². The van der Waals surface area contributed by atoms with Crippen molar-refractivity contribution in [1.82, 2.24) is 5.32 Å². The Bertz CT molecular complexity index is 403. The number of carbonyl (C=O) groups is 2. The smallest absolute Gasteiger partial charge is 0.396 e. The molecule has 4 nitrogen and oxygen atoms in total. The van der Waals surface area contributed by atoms with Gasteiger partial charge in [-0.1, -0.05) is 12.1 Å². The van der Waals surface area contributed by atoms with E-state index in [1.807, 2.05) is 30.5 Å². The van der Waals surface area contributed by atoms with Crippen molar-refractivity contribution in [3.05, 3.63) is 29.8 Å². The lowest BCUT2D eigenvalue weighted by Gasteiger charge is -2.05. The van der Waals surface area contributed by atoms with E-state index in [-0.39, 0.29) is 6.61 Å². The van der Waals surface area contributed by atoms with Gasteiger partial charge in [0.1, 0.15) is 0 Å². The van der Waals surface area contributed by atoms with Gasteiger partial charge in [-0.2, -0.15) is 0 Å². The van der Waals surface area contributed by atoms with Gasteiger partial charge >= 0.3 is 11.9 Å². The first-order valence-electron chi connectivity index (χ1n) is 5.75. The molecule has 0 radical (unpaired) electrons. The second-order valence-electron chi connectivity index (χ2n) is 3.57. The number of carbonyl (C=O) groups excluding carboxylic acids is 2. The molecule has 0 aliphatic rings. The fourth-order valence-corrected chi connectivity index (χ4v) is 1.79. The normalized spacial score (nSPS) is 9.89. The Morgan fingerprint density at radius 1 is 1.28 bits per heavy atom. The summed E-state index contributed by atoms with van der Waals surface area (Å²) in [5.74, 6) is -1.51. The maximum absolute atomic E-state index is 11.2. The zero-order valence-electron chi connectivity index (χ0n) is 10.6. The molecule has 0 atom stereocenters. The molecule has 98 valence electrons. The molecular weight excluding hydrogens is 250 g/mol. The molecular formula is C13H17NO3S. The monoisotopic (exact) mass is 267 g/mol. The largest absolute Gasteiger partial charge is 0.459 e. The van der Waals surface area contributed by atoms with Crippen molar-refractivity contribution in [2.45, 2.75) is 18.2 Å². The summed E-state index contributed by atoms with van der Waals surface area (Å²) in [4.78, 5) is 23.5. The zero-order valence-corrected chi connectivity index (χ0v) is 11.4. The highest BCUT2D eigenvalue weighted by Gasteiger charge is 2.13. The first-order chi connectivity index (χ1) is 8.67. The molecule has 0 saturated heterocycles. The van der Waals surface area contributed by atoms with E-state index < -0.39 is 11.9 Å². The number of benzene rings is 1. The predicted octanol–water partition coefficient (Wildman–Crippen LogP) is 1.63. The van der Waals surface area contributed by atoms with E-state index in [0.717, 1.165) is 5.56 Å². The molecule has 0 bridgehead atoms. The molecule has 5 heteroatoms. The van der Waals surface area contributed by atoms with E-state index in [2.05, 4.69) is 10.1 Å². The van der Waals surface area contributed by atoms with Crippen LogP contribution in [0.2, 0.25) is 0 Å². The van der Waals surface area contributed by atoms with Gasteiger partial charge in [0.05, 0.1) is 6.61 Å². The van der Waals surface area contributed by atoms with Gasteiger partial charge in [0.15, 0.2) is 0 Å². The maximum atomic E-state index is 11.2. The van der Waals surface area contributed by atoms with Gasteiger partial charge in [0.2, 0.25) is 0 Å². The number of thioether (sulfide) groups is 1. The second kappa shape index (κ2) is 7.76. The van der Waals surface area contributed by atoms with Gasteiger partial charge < -0.3 is 10.1 Å². The van der Waals surface area contributed by atoms with Crippen LogP contribution in [0, 0.1) is 0 Å². The molecule has 0 fully saturated rings. The molecule has 1 rings (SSSR count). The predicted molar refractivity (Wildman–Crippen MR) is 71.6 cm³/mol. The van der Waals surface area contributed by atoms with E-state index >= 15 is 0 Å². The molecule has 0 aliphatic heterocycles. The average molecular weight is 267 g/mol. The van der Waals surface area contributed by atoms with Crippen LogP contribution in [0.5, 0.6) is 0 Å². The van der Waals surface area contributed by atoms with E-state index in [1.165, 1.54) is 4.90 Å². The molecule has 1 aromatic rings. The summed E-state index contributed by atoms with van der Waals surface area (Å²) in [6.07, 6.45) is 2.72. The molecule has 0 heterocycles. The number of esters is 1. The van der Waals surface area contributed by atoms with Crippen molar-refractivity contribution in [3.63, 3.8) is 0 Å². The molecule has 0 unspecified atom stereocenters. The first-order valence-corrected chi connectivity index (χ1v) is 6.97. The van der Waals surface area contributed by atoms with Gasteiger partial charge in [0.25, 0.3) is 0 Å². The minimum absolute atomic E-state index is 0.211. The number of hydrogen-bond acceptors (Lipinski definition) is 4. The third kappa shape index (κ3) is 4.79. The molecule has 18 heavy (non-hydrogen) atoms. The maximum Gasteiger partial charge on any atom is 0.396 e. The highest BCUT2D eigenvalue weighted by Crippen LogP contribution is 2.14. The molecule has 0 saturated carbocycles. The molecule has 1 N–H and O–H groups in total. The number of amides is 1. The van der Waals surface area contributed by atoms with Crippen LogP contribution in [0.4, 0.5) is 0 Å². The summed E-state index contributed by atoms with van der Waals surface area (Å²) in [6, 6.07) is 8.10. The fourth-order valence-electron chi connectivity index (χ4n) is 1.38. The second-order valence-corrected chi connectivity index (χ2v) is 4.45. The van der Waals surface area contributed by atoms with Crippen LogP contribution in [-0.2, 0) is 20.7 Å². The summed E-state index contributed by atoms with van der Waals surface area (Å²) in [7, 11) is 0. The van der Waals surface area contributed by atoms with Gasteiger partial charge in [0, 0.05) is 11.4 Å². The molecule has 1 aromatic carbocycles. The van der Waals surface area contributed by atoms with Crippen LogP contribution >= 0.6 is 11.8 Å². The highest BCUT2D eigenvalue weighted by molar-refractivity contribution is 7.98. The minimum Gasteiger partial charge on any atom is -0.459 e. The summed E-state index contributed by atoms with van der Waals surface area (Å²) < 4.78 is 4.58. The lowest BCUT2D eigenvalue weighted by Crippen LogP contribution is -2.33. The van der Waals surface area contributed by atoms with Gasteiger partial charge in [-0.05, 0) is 37.3 Å². The lowest BCUT2D eigenvalue weighted by molar-refractivity contribution is -0.154. The lowest BCUT2D eigenvalue weighted by atomic mass is 10.1. The van der Waals surface area contributed by atoms with Crippen LogP contribution in [0.3, 0.4) is 0 Å². The van der Waals surface area contributed by atoms with Gasteiger partial charge in [-0.15, -0.1) is 11.8 Å². The Hall–Kier alpha value is -1.49. The number of rotatable bonds is 5. The van der Waals surface area contributed by atoms with E-state index in [9.17, 15) is 9.59 Å². The topological polar surface area (TPSA) is 55.4 Å². The standard InChI is InChI=1S/C13H17NO3S/c1-3-17-13(16)12(15)14-9-8-10-4-6-11(18-2)7-5-10/h4-7H,3,8-9H2,1-2H3,(H,14,15). The van der Waals surface area contributed by atoms with Gasteiger partial charge in [-0.3, -0.25) is 4.79 Å². The van der Waals surface area contributed by atoms with Crippen LogP contribution in [0.15, 0.2) is 29.2 Å². The number of ether oxygens (including phenoxy) is 1. The summed E-state index contributed by atoms with van der Waals surface area (Å²) in [5.41, 5.74) is 1.12. The SMILES string of the molecule is CCOC(=O)C(=O)NCCc1ccc(SC)cc1. The summed E-state index contributed by atoms with van der Waals surface area (Å²) in [5, 5.41) is 2.53. The minimum atomic E-state index is -0.824. The van der Waals surface area contributed by atoms with Crippen LogP contribution in [0.1, 0.15) is 12.5 Å². The quantitative estimate of drug-likeness (QED) is 0.500. The molecule has 0 spiro atoms. The van der Waals surface area contributed by atoms with Crippen molar-refractivity contribution in [3.8, 4) is 0 Å². The van der Waals surface area contributed by atoms with Crippen molar-refractivity contribution in [2.75, 3.05) is 19.4 Å². The average Bonchev–Trinajstić information content (AvgIpc) is 2.39. The van der Waals surface area contributed by atoms with Crippen LogP contribution < -0.4 is 5.32 Å². The van der Waals surface area contributed by atoms with Crippen LogP contribution in [0.25, 0.3) is 0 Å². The Balaban J connectivity index is 2.32. The number of nitrogens with one attached hydrogen (secondary N) is 1. The Labute approximate surface area is 111 Å². The third-order valence-electron chi connectivity index (χ3n) is 2.32. The zero-order chi connectivity index (χ0) is 13.4. The fraction of sp³-hybridized carbons (Fsp3) is 0.385. The molecule has 0 aliphatic carbocycles. The summed E-state index contributed by atoms with van der Waals surface area (Å²) in [6.45, 7) is 2.30. The first kappa shape index (κ1) is 14.6. The Morgan fingerprint density at radius 2 is 1.94 bits per heavy atom. The van der Waals surface area contributed by atoms with Crippen LogP contribution in [-0.4, -0.2) is 31.3 Å². The Kier molecular flexibility index (Phi) is 6.28. The molecule has 0 aromatic heterocycles. The van der Waals surface area contributed by atoms with Crippen molar-refractivity contribution in [1.29, 1.82) is 0 Å². The summed E-state index contributed by atoms with van der Waals surface area (Å²) >= 11 is 1.68. The Morgan fingerprint density at radius 3 is 2.50 bits per heavy atom. The van der Waals surface area contributed by atoms with E-state index in [0.29, 0.717) is 13.0 Å². The van der Waals surface area contributed by atoms with Crippen molar-refractivity contribution < 1.29 is 14.3 Å². The third-order valence-corrected chi connectivity index (χ3v) is 3.06. The van der Waals surface area contributed by atoms with E-state index in [4.69, 9.17) is 0 Å². The highest BCUT2D eigenvalue weighted by atomic mass is 32.2.